The van der Waals surface area contributed by atoms with Crippen LogP contribution in [0.2, 0.25) is 0 Å². The number of carboxylic acids is 1. The van der Waals surface area contributed by atoms with Crippen LogP contribution in [-0.4, -0.2) is 32.3 Å². The van der Waals surface area contributed by atoms with Crippen LogP contribution < -0.4 is 0 Å². The maximum atomic E-state index is 11.0. The predicted molar refractivity (Wildman–Crippen MR) is 58.9 cm³/mol. The molecule has 0 saturated carbocycles. The molecule has 0 aliphatic rings. The lowest BCUT2D eigenvalue weighted by molar-refractivity contribution is -0.144. The van der Waals surface area contributed by atoms with E-state index in [1.807, 2.05) is 18.5 Å². The van der Waals surface area contributed by atoms with E-state index >= 15 is 0 Å². The number of carboxylic acid groups (broad SMARTS) is 1. The lowest BCUT2D eigenvalue weighted by Crippen LogP contribution is -2.28. The van der Waals surface area contributed by atoms with E-state index in [1.54, 1.807) is 12.5 Å². The second kappa shape index (κ2) is 5.65. The van der Waals surface area contributed by atoms with Gasteiger partial charge in [0, 0.05) is 31.5 Å². The van der Waals surface area contributed by atoms with Crippen LogP contribution in [-0.2, 0) is 18.3 Å². The first-order valence-electron chi connectivity index (χ1n) is 5.39. The van der Waals surface area contributed by atoms with Crippen molar-refractivity contribution in [3.8, 4) is 0 Å². The van der Waals surface area contributed by atoms with Crippen LogP contribution in [0, 0.1) is 11.8 Å². The van der Waals surface area contributed by atoms with Crippen molar-refractivity contribution in [1.29, 1.82) is 0 Å². The number of hydrogen-bond acceptors (Lipinski definition) is 3. The Labute approximate surface area is 94.7 Å². The standard InChI is InChI=1S/C11H18N2O3/c1-3-10(11(15)16)8(6-14)4-9-5-12-7-13(9)2/h5,7-8,10,14H,3-4,6H2,1-2H3,(H,15,16)/t8?,10-/m1/s1. The van der Waals surface area contributed by atoms with Crippen LogP contribution in [0.15, 0.2) is 12.5 Å². The number of aromatic nitrogens is 2. The van der Waals surface area contributed by atoms with Crippen molar-refractivity contribution in [2.24, 2.45) is 18.9 Å². The Bertz CT molecular complexity index is 349. The van der Waals surface area contributed by atoms with Gasteiger partial charge in [0.1, 0.15) is 0 Å². The predicted octanol–water partition coefficient (Wildman–Crippen LogP) is 0.682. The molecule has 90 valence electrons. The largest absolute Gasteiger partial charge is 0.481 e. The summed E-state index contributed by atoms with van der Waals surface area (Å²) in [6.45, 7) is 1.71. The van der Waals surface area contributed by atoms with Crippen LogP contribution in [0.1, 0.15) is 19.0 Å². The molecule has 0 spiro atoms. The highest BCUT2D eigenvalue weighted by atomic mass is 16.4. The molecule has 0 aliphatic heterocycles. The summed E-state index contributed by atoms with van der Waals surface area (Å²) >= 11 is 0. The Kier molecular flexibility index (Phi) is 4.49. The third kappa shape index (κ3) is 2.82. The Balaban J connectivity index is 2.75. The molecule has 1 heterocycles. The van der Waals surface area contributed by atoms with Gasteiger partial charge in [0.15, 0.2) is 0 Å². The molecule has 0 radical (unpaired) electrons. The molecule has 1 rings (SSSR count). The van der Waals surface area contributed by atoms with Crippen molar-refractivity contribution in [3.05, 3.63) is 18.2 Å². The maximum absolute atomic E-state index is 11.0. The highest BCUT2D eigenvalue weighted by molar-refractivity contribution is 5.70. The fourth-order valence-corrected chi connectivity index (χ4v) is 1.89. The molecule has 0 amide bonds. The fraction of sp³-hybridized carbons (Fsp3) is 0.636. The zero-order valence-electron chi connectivity index (χ0n) is 9.63. The Morgan fingerprint density at radius 2 is 2.31 bits per heavy atom. The van der Waals surface area contributed by atoms with E-state index in [9.17, 15) is 9.90 Å². The zero-order valence-corrected chi connectivity index (χ0v) is 9.63. The SMILES string of the molecule is CC[C@@H](C(=O)O)C(CO)Cc1cncn1C. The van der Waals surface area contributed by atoms with E-state index in [4.69, 9.17) is 5.11 Å². The van der Waals surface area contributed by atoms with Gasteiger partial charge in [-0.2, -0.15) is 0 Å². The second-order valence-corrected chi connectivity index (χ2v) is 4.00. The molecule has 2 N–H and O–H groups in total. The molecular formula is C11H18N2O3. The monoisotopic (exact) mass is 226 g/mol. The number of hydrogen-bond donors (Lipinski definition) is 2. The fourth-order valence-electron chi connectivity index (χ4n) is 1.89. The minimum absolute atomic E-state index is 0.115. The van der Waals surface area contributed by atoms with Crippen LogP contribution >= 0.6 is 0 Å². The smallest absolute Gasteiger partial charge is 0.306 e. The molecule has 2 atom stereocenters. The maximum Gasteiger partial charge on any atom is 0.306 e. The average Bonchev–Trinajstić information content (AvgIpc) is 2.63. The third-order valence-electron chi connectivity index (χ3n) is 2.95. The summed E-state index contributed by atoms with van der Waals surface area (Å²) in [5, 5.41) is 18.3. The summed E-state index contributed by atoms with van der Waals surface area (Å²) in [7, 11) is 1.86. The minimum Gasteiger partial charge on any atom is -0.481 e. The highest BCUT2D eigenvalue weighted by Crippen LogP contribution is 2.20. The van der Waals surface area contributed by atoms with Gasteiger partial charge in [0.25, 0.3) is 0 Å². The molecule has 0 fully saturated rings. The van der Waals surface area contributed by atoms with Crippen molar-refractivity contribution in [1.82, 2.24) is 9.55 Å². The second-order valence-electron chi connectivity index (χ2n) is 4.00. The Morgan fingerprint density at radius 3 is 2.69 bits per heavy atom. The number of rotatable bonds is 6. The molecule has 5 heteroatoms. The summed E-state index contributed by atoms with van der Waals surface area (Å²) < 4.78 is 1.84. The van der Waals surface area contributed by atoms with Gasteiger partial charge in [0.2, 0.25) is 0 Å². The Morgan fingerprint density at radius 1 is 1.62 bits per heavy atom. The average molecular weight is 226 g/mol. The van der Waals surface area contributed by atoms with E-state index < -0.39 is 11.9 Å². The van der Waals surface area contributed by atoms with Gasteiger partial charge >= 0.3 is 5.97 Å². The summed E-state index contributed by atoms with van der Waals surface area (Å²) in [6.07, 6.45) is 4.44. The molecule has 0 saturated heterocycles. The zero-order chi connectivity index (χ0) is 12.1. The molecular weight excluding hydrogens is 208 g/mol. The van der Waals surface area contributed by atoms with Gasteiger partial charge in [0.05, 0.1) is 12.2 Å². The lowest BCUT2D eigenvalue weighted by Gasteiger charge is -2.20. The lowest BCUT2D eigenvalue weighted by atomic mass is 9.87. The van der Waals surface area contributed by atoms with E-state index in [-0.39, 0.29) is 12.5 Å². The van der Waals surface area contributed by atoms with Gasteiger partial charge in [-0.1, -0.05) is 6.92 Å². The molecule has 1 aromatic heterocycles. The topological polar surface area (TPSA) is 75.3 Å². The first-order chi connectivity index (χ1) is 7.60. The van der Waals surface area contributed by atoms with Crippen LogP contribution in [0.5, 0.6) is 0 Å². The molecule has 0 aliphatic carbocycles. The number of aliphatic hydroxyl groups is 1. The van der Waals surface area contributed by atoms with Crippen LogP contribution in [0.4, 0.5) is 0 Å². The van der Waals surface area contributed by atoms with Gasteiger partial charge in [-0.3, -0.25) is 4.79 Å². The molecule has 1 aromatic rings. The number of nitrogens with zero attached hydrogens (tertiary/aromatic N) is 2. The van der Waals surface area contributed by atoms with Gasteiger partial charge in [-0.25, -0.2) is 4.98 Å². The summed E-state index contributed by atoms with van der Waals surface area (Å²) in [6, 6.07) is 0. The minimum atomic E-state index is -0.844. The highest BCUT2D eigenvalue weighted by Gasteiger charge is 2.26. The van der Waals surface area contributed by atoms with Gasteiger partial charge < -0.3 is 14.8 Å². The van der Waals surface area contributed by atoms with E-state index in [2.05, 4.69) is 4.98 Å². The summed E-state index contributed by atoms with van der Waals surface area (Å²) in [4.78, 5) is 15.0. The van der Waals surface area contributed by atoms with Crippen LogP contribution in [0.3, 0.4) is 0 Å². The third-order valence-corrected chi connectivity index (χ3v) is 2.95. The van der Waals surface area contributed by atoms with Crippen molar-refractivity contribution in [2.75, 3.05) is 6.61 Å². The molecule has 16 heavy (non-hydrogen) atoms. The van der Waals surface area contributed by atoms with Crippen LogP contribution in [0.25, 0.3) is 0 Å². The van der Waals surface area contributed by atoms with Crippen molar-refractivity contribution >= 4 is 5.97 Å². The quantitative estimate of drug-likeness (QED) is 0.748. The van der Waals surface area contributed by atoms with E-state index in [0.717, 1.165) is 5.69 Å². The number of aryl methyl sites for hydroxylation is 1. The van der Waals surface area contributed by atoms with Crippen molar-refractivity contribution < 1.29 is 15.0 Å². The Hall–Kier alpha value is -1.36. The molecule has 0 bridgehead atoms. The summed E-state index contributed by atoms with van der Waals surface area (Å²) in [5.41, 5.74) is 0.943. The number of carbonyl (C=O) groups is 1. The van der Waals surface area contributed by atoms with E-state index in [1.165, 1.54) is 0 Å². The van der Waals surface area contributed by atoms with Crippen molar-refractivity contribution in [3.63, 3.8) is 0 Å². The molecule has 0 aromatic carbocycles. The first-order valence-corrected chi connectivity index (χ1v) is 5.39. The number of imidazole rings is 1. The van der Waals surface area contributed by atoms with Gasteiger partial charge in [-0.05, 0) is 12.8 Å². The molecule has 1 unspecified atom stereocenters. The summed E-state index contributed by atoms with van der Waals surface area (Å²) in [5.74, 6) is -1.60. The van der Waals surface area contributed by atoms with Gasteiger partial charge in [-0.15, -0.1) is 0 Å². The van der Waals surface area contributed by atoms with E-state index in [0.29, 0.717) is 12.8 Å². The number of aliphatic hydroxyl groups excluding tert-OH is 1. The van der Waals surface area contributed by atoms with Crippen molar-refractivity contribution in [2.45, 2.75) is 19.8 Å². The first kappa shape index (κ1) is 12.7. The molecule has 5 nitrogen and oxygen atoms in total. The number of aliphatic carboxylic acids is 1. The normalized spacial score (nSPS) is 14.7.